The van der Waals surface area contributed by atoms with Gasteiger partial charge in [-0.1, -0.05) is 18.6 Å². The lowest BCUT2D eigenvalue weighted by molar-refractivity contribution is -0.175. The van der Waals surface area contributed by atoms with Gasteiger partial charge in [0.2, 0.25) is 0 Å². The highest BCUT2D eigenvalue weighted by atomic mass is 16.6. The highest BCUT2D eigenvalue weighted by molar-refractivity contribution is 5.69. The van der Waals surface area contributed by atoms with Crippen LogP contribution in [0.15, 0.2) is 11.6 Å². The Morgan fingerprint density at radius 1 is 1.32 bits per heavy atom. The number of amides is 1. The largest absolute Gasteiger partial charge is 0.443 e. The number of rotatable bonds is 10. The molecule has 3 aliphatic rings. The average molecular weight is 439 g/mol. The third-order valence-corrected chi connectivity index (χ3v) is 7.04. The third kappa shape index (κ3) is 5.81. The Morgan fingerprint density at radius 2 is 2.03 bits per heavy atom. The van der Waals surface area contributed by atoms with Crippen LogP contribution >= 0.6 is 0 Å². The van der Waals surface area contributed by atoms with E-state index in [1.807, 2.05) is 4.90 Å². The van der Waals surface area contributed by atoms with Gasteiger partial charge in [0.25, 0.3) is 0 Å². The van der Waals surface area contributed by atoms with Gasteiger partial charge in [0.15, 0.2) is 0 Å². The molecule has 7 heteroatoms. The van der Waals surface area contributed by atoms with E-state index >= 15 is 0 Å². The standard InChI is InChI=1S/C24H42N2O5/c1-7-25-12-9-18-14-26(15-18)22(27)31-19-8-11-24(16-30-24)21(20(19)28-6)23(4,5)29-13-10-17(2)3/h10,18-21,25H,7-9,11-16H2,1-6H3/t19-,20-,21-,24+/m1/s1. The zero-order valence-corrected chi connectivity index (χ0v) is 20.2. The summed E-state index contributed by atoms with van der Waals surface area (Å²) in [4.78, 5) is 14.6. The van der Waals surface area contributed by atoms with Crippen molar-refractivity contribution in [3.05, 3.63) is 11.6 Å². The predicted molar refractivity (Wildman–Crippen MR) is 120 cm³/mol. The SMILES string of the molecule is CCNCCC1CN(C(=O)O[C@@H]2CC[C@]3(CO3)[C@@H](C(C)(C)OCC=C(C)C)[C@@H]2OC)C1. The van der Waals surface area contributed by atoms with Crippen LogP contribution in [0.1, 0.15) is 53.9 Å². The van der Waals surface area contributed by atoms with E-state index in [4.69, 9.17) is 18.9 Å². The van der Waals surface area contributed by atoms with Gasteiger partial charge >= 0.3 is 6.09 Å². The molecule has 1 amide bonds. The van der Waals surface area contributed by atoms with Gasteiger partial charge in [0.05, 0.1) is 24.4 Å². The van der Waals surface area contributed by atoms with Crippen molar-refractivity contribution >= 4 is 6.09 Å². The molecular formula is C24H42N2O5. The molecule has 1 spiro atoms. The zero-order chi connectivity index (χ0) is 22.6. The maximum atomic E-state index is 12.8. The minimum absolute atomic E-state index is 0.00799. The summed E-state index contributed by atoms with van der Waals surface area (Å²) in [6.45, 7) is 15.2. The summed E-state index contributed by atoms with van der Waals surface area (Å²) in [5.74, 6) is 0.556. The third-order valence-electron chi connectivity index (χ3n) is 7.04. The summed E-state index contributed by atoms with van der Waals surface area (Å²) in [6.07, 6.45) is 4.03. The minimum Gasteiger partial charge on any atom is -0.443 e. The number of nitrogens with one attached hydrogen (secondary N) is 1. The van der Waals surface area contributed by atoms with Crippen molar-refractivity contribution in [1.82, 2.24) is 10.2 Å². The molecule has 1 saturated carbocycles. The van der Waals surface area contributed by atoms with Crippen LogP contribution in [0.2, 0.25) is 0 Å². The molecule has 0 bridgehead atoms. The molecule has 2 heterocycles. The predicted octanol–water partition coefficient (Wildman–Crippen LogP) is 3.38. The molecule has 0 unspecified atom stereocenters. The van der Waals surface area contributed by atoms with Gasteiger partial charge in [-0.2, -0.15) is 0 Å². The molecule has 3 fully saturated rings. The van der Waals surface area contributed by atoms with E-state index in [9.17, 15) is 4.79 Å². The quantitative estimate of drug-likeness (QED) is 0.320. The molecule has 7 nitrogen and oxygen atoms in total. The van der Waals surface area contributed by atoms with Crippen molar-refractivity contribution in [1.29, 1.82) is 0 Å². The maximum absolute atomic E-state index is 12.8. The van der Waals surface area contributed by atoms with Gasteiger partial charge in [0.1, 0.15) is 12.2 Å². The van der Waals surface area contributed by atoms with Crippen LogP contribution in [0, 0.1) is 11.8 Å². The summed E-state index contributed by atoms with van der Waals surface area (Å²) < 4.78 is 24.2. The molecule has 178 valence electrons. The molecule has 1 aliphatic carbocycles. The smallest absolute Gasteiger partial charge is 0.410 e. The van der Waals surface area contributed by atoms with Gasteiger partial charge in [0, 0.05) is 26.1 Å². The van der Waals surface area contributed by atoms with Crippen LogP contribution in [-0.4, -0.2) is 80.9 Å². The van der Waals surface area contributed by atoms with E-state index in [0.717, 1.165) is 45.4 Å². The number of epoxide rings is 1. The second-order valence-corrected chi connectivity index (χ2v) is 10.1. The molecule has 1 N–H and O–H groups in total. The van der Waals surface area contributed by atoms with E-state index in [1.54, 1.807) is 7.11 Å². The van der Waals surface area contributed by atoms with Crippen LogP contribution in [0.5, 0.6) is 0 Å². The van der Waals surface area contributed by atoms with Crippen molar-refractivity contribution in [2.45, 2.75) is 77.3 Å². The fourth-order valence-corrected chi connectivity index (χ4v) is 5.18. The van der Waals surface area contributed by atoms with Crippen LogP contribution in [0.4, 0.5) is 4.79 Å². The first-order valence-electron chi connectivity index (χ1n) is 11.8. The Morgan fingerprint density at radius 3 is 2.61 bits per heavy atom. The molecule has 3 rings (SSSR count). The molecule has 0 aromatic rings. The number of carbonyl (C=O) groups is 1. The van der Waals surface area contributed by atoms with Crippen LogP contribution < -0.4 is 5.32 Å². The highest BCUT2D eigenvalue weighted by Gasteiger charge is 2.64. The summed E-state index contributed by atoms with van der Waals surface area (Å²) in [6, 6.07) is 0. The van der Waals surface area contributed by atoms with Gasteiger partial charge in [-0.25, -0.2) is 4.79 Å². The number of carbonyl (C=O) groups excluding carboxylic acids is 1. The topological polar surface area (TPSA) is 72.6 Å². The highest BCUT2D eigenvalue weighted by Crippen LogP contribution is 2.52. The van der Waals surface area contributed by atoms with E-state index in [1.165, 1.54) is 5.57 Å². The number of likely N-dealkylation sites (tertiary alicyclic amines) is 1. The van der Waals surface area contributed by atoms with E-state index in [-0.39, 0.29) is 29.8 Å². The Labute approximate surface area is 187 Å². The molecule has 31 heavy (non-hydrogen) atoms. The average Bonchev–Trinajstić information content (AvgIpc) is 3.43. The van der Waals surface area contributed by atoms with Gasteiger partial charge in [-0.3, -0.25) is 0 Å². The summed E-state index contributed by atoms with van der Waals surface area (Å²) in [5.41, 5.74) is 0.527. The number of hydrogen-bond donors (Lipinski definition) is 1. The normalized spacial score (nSPS) is 30.8. The number of allylic oxidation sites excluding steroid dienone is 1. The Balaban J connectivity index is 1.59. The number of ether oxygens (including phenoxy) is 4. The van der Waals surface area contributed by atoms with E-state index in [0.29, 0.717) is 19.1 Å². The molecular weight excluding hydrogens is 396 g/mol. The fraction of sp³-hybridized carbons (Fsp3) is 0.875. The van der Waals surface area contributed by atoms with Crippen molar-refractivity contribution < 1.29 is 23.7 Å². The molecule has 4 atom stereocenters. The monoisotopic (exact) mass is 438 g/mol. The van der Waals surface area contributed by atoms with Gasteiger partial charge in [-0.15, -0.1) is 0 Å². The summed E-state index contributed by atoms with van der Waals surface area (Å²) >= 11 is 0. The lowest BCUT2D eigenvalue weighted by Gasteiger charge is -2.48. The maximum Gasteiger partial charge on any atom is 0.410 e. The number of methoxy groups -OCH3 is 1. The first kappa shape index (κ1) is 24.5. The molecule has 2 saturated heterocycles. The number of hydrogen-bond acceptors (Lipinski definition) is 6. The second-order valence-electron chi connectivity index (χ2n) is 10.1. The van der Waals surface area contributed by atoms with Crippen molar-refractivity contribution in [2.24, 2.45) is 11.8 Å². The first-order valence-corrected chi connectivity index (χ1v) is 11.8. The Kier molecular flexibility index (Phi) is 8.05. The summed E-state index contributed by atoms with van der Waals surface area (Å²) in [5, 5.41) is 3.35. The minimum atomic E-state index is -0.470. The van der Waals surface area contributed by atoms with Crippen LogP contribution in [0.25, 0.3) is 0 Å². The van der Waals surface area contributed by atoms with Gasteiger partial charge in [-0.05, 0) is 66.0 Å². The molecule has 0 aromatic carbocycles. The summed E-state index contributed by atoms with van der Waals surface area (Å²) in [7, 11) is 1.70. The van der Waals surface area contributed by atoms with Crippen molar-refractivity contribution in [3.8, 4) is 0 Å². The molecule has 0 radical (unpaired) electrons. The lowest BCUT2D eigenvalue weighted by Crippen LogP contribution is -2.60. The van der Waals surface area contributed by atoms with E-state index in [2.05, 4.69) is 46.0 Å². The molecule has 0 aromatic heterocycles. The molecule has 2 aliphatic heterocycles. The first-order chi connectivity index (χ1) is 14.7. The van der Waals surface area contributed by atoms with Gasteiger partial charge < -0.3 is 29.2 Å². The Bertz CT molecular complexity index is 636. The fourth-order valence-electron chi connectivity index (χ4n) is 5.18. The number of nitrogens with zero attached hydrogens (tertiary/aromatic N) is 1. The van der Waals surface area contributed by atoms with E-state index < -0.39 is 5.60 Å². The second kappa shape index (κ2) is 10.2. The zero-order valence-electron chi connectivity index (χ0n) is 20.2. The van der Waals surface area contributed by atoms with Crippen LogP contribution in [-0.2, 0) is 18.9 Å². The Hall–Kier alpha value is -1.15. The van der Waals surface area contributed by atoms with Crippen molar-refractivity contribution in [2.75, 3.05) is 46.5 Å². The van der Waals surface area contributed by atoms with Crippen LogP contribution in [0.3, 0.4) is 0 Å². The lowest BCUT2D eigenvalue weighted by atomic mass is 9.68. The van der Waals surface area contributed by atoms with Crippen molar-refractivity contribution in [3.63, 3.8) is 0 Å².